The van der Waals surface area contributed by atoms with Crippen LogP contribution in [0.3, 0.4) is 0 Å². The number of nitrogens with one attached hydrogen (secondary N) is 1. The number of anilines is 1. The van der Waals surface area contributed by atoms with Gasteiger partial charge in [0.1, 0.15) is 18.1 Å². The molecule has 2 aromatic carbocycles. The summed E-state index contributed by atoms with van der Waals surface area (Å²) >= 11 is 0. The molecule has 7 nitrogen and oxygen atoms in total. The maximum Gasteiger partial charge on any atom is 0.278 e. The van der Waals surface area contributed by atoms with Gasteiger partial charge in [-0.2, -0.15) is 0 Å². The number of hydrogen-bond donors (Lipinski definition) is 1. The average Bonchev–Trinajstić information content (AvgIpc) is 3.16. The molecule has 1 aromatic heterocycles. The maximum absolute atomic E-state index is 12.9. The average molecular weight is 436 g/mol. The van der Waals surface area contributed by atoms with Gasteiger partial charge in [-0.15, -0.1) is 0 Å². The van der Waals surface area contributed by atoms with Crippen molar-refractivity contribution >= 4 is 11.6 Å². The normalized spacial score (nSPS) is 14.3. The zero-order valence-electron chi connectivity index (χ0n) is 18.8. The summed E-state index contributed by atoms with van der Waals surface area (Å²) < 4.78 is 16.6. The number of hydrogen-bond acceptors (Lipinski definition) is 6. The van der Waals surface area contributed by atoms with Crippen LogP contribution in [0.4, 0.5) is 5.69 Å². The van der Waals surface area contributed by atoms with Gasteiger partial charge in [-0.05, 0) is 61.7 Å². The molecule has 1 fully saturated rings. The van der Waals surface area contributed by atoms with Crippen LogP contribution in [-0.2, 0) is 17.9 Å². The second-order valence-corrected chi connectivity index (χ2v) is 8.14. The van der Waals surface area contributed by atoms with E-state index in [4.69, 9.17) is 14.0 Å². The molecular weight excluding hydrogens is 406 g/mol. The minimum Gasteiger partial charge on any atom is -0.489 e. The van der Waals surface area contributed by atoms with E-state index in [1.807, 2.05) is 43.3 Å². The SMILES string of the molecule is Cc1ccc(OCc2c(C(=O)Nc3cccc(CN4CCOCC4)c3)noc2C)cc1C. The van der Waals surface area contributed by atoms with Crippen LogP contribution in [0.5, 0.6) is 5.75 Å². The molecule has 168 valence electrons. The second-order valence-electron chi connectivity index (χ2n) is 8.14. The third-order valence-electron chi connectivity index (χ3n) is 5.76. The molecule has 0 aliphatic carbocycles. The standard InChI is InChI=1S/C25H29N3O4/c1-17-7-8-22(13-18(17)2)31-16-23-19(3)32-27-24(23)25(29)26-21-6-4-5-20(14-21)15-28-9-11-30-12-10-28/h4-8,13-14H,9-12,15-16H2,1-3H3,(H,26,29). The lowest BCUT2D eigenvalue weighted by molar-refractivity contribution is 0.0342. The van der Waals surface area contributed by atoms with Crippen molar-refractivity contribution in [2.75, 3.05) is 31.6 Å². The van der Waals surface area contributed by atoms with Gasteiger partial charge in [-0.25, -0.2) is 0 Å². The molecule has 1 saturated heterocycles. The zero-order valence-corrected chi connectivity index (χ0v) is 18.8. The fourth-order valence-corrected chi connectivity index (χ4v) is 3.65. The number of carbonyl (C=O) groups is 1. The van der Waals surface area contributed by atoms with Gasteiger partial charge in [0.05, 0.1) is 18.8 Å². The molecule has 4 rings (SSSR count). The van der Waals surface area contributed by atoms with E-state index in [2.05, 4.69) is 28.4 Å². The molecular formula is C25H29N3O4. The number of benzene rings is 2. The van der Waals surface area contributed by atoms with Crippen molar-refractivity contribution in [2.45, 2.75) is 33.9 Å². The van der Waals surface area contributed by atoms with Crippen LogP contribution in [0.25, 0.3) is 0 Å². The summed E-state index contributed by atoms with van der Waals surface area (Å²) in [6.45, 7) is 10.3. The van der Waals surface area contributed by atoms with Crippen LogP contribution in [-0.4, -0.2) is 42.3 Å². The van der Waals surface area contributed by atoms with E-state index in [0.29, 0.717) is 11.3 Å². The summed E-state index contributed by atoms with van der Waals surface area (Å²) in [5.74, 6) is 1.000. The maximum atomic E-state index is 12.9. The van der Waals surface area contributed by atoms with Gasteiger partial charge >= 0.3 is 0 Å². The molecule has 32 heavy (non-hydrogen) atoms. The lowest BCUT2D eigenvalue weighted by Crippen LogP contribution is -2.35. The van der Waals surface area contributed by atoms with E-state index < -0.39 is 0 Å². The number of aromatic nitrogens is 1. The van der Waals surface area contributed by atoms with Crippen molar-refractivity contribution in [1.82, 2.24) is 10.1 Å². The molecule has 1 N–H and O–H groups in total. The van der Waals surface area contributed by atoms with Crippen LogP contribution in [0.2, 0.25) is 0 Å². The van der Waals surface area contributed by atoms with Crippen molar-refractivity contribution in [1.29, 1.82) is 0 Å². The van der Waals surface area contributed by atoms with Gasteiger partial charge < -0.3 is 19.3 Å². The van der Waals surface area contributed by atoms with Crippen LogP contribution in [0.15, 0.2) is 47.0 Å². The highest BCUT2D eigenvalue weighted by Crippen LogP contribution is 2.22. The van der Waals surface area contributed by atoms with E-state index in [-0.39, 0.29) is 18.2 Å². The summed E-state index contributed by atoms with van der Waals surface area (Å²) in [6, 6.07) is 13.8. The van der Waals surface area contributed by atoms with Crippen LogP contribution < -0.4 is 10.1 Å². The largest absolute Gasteiger partial charge is 0.489 e. The molecule has 0 saturated carbocycles. The Hall–Kier alpha value is -3.16. The molecule has 1 amide bonds. The highest BCUT2D eigenvalue weighted by atomic mass is 16.5. The van der Waals surface area contributed by atoms with Crippen molar-refractivity contribution < 1.29 is 18.8 Å². The Morgan fingerprint density at radius 1 is 1.09 bits per heavy atom. The second kappa shape index (κ2) is 9.97. The zero-order chi connectivity index (χ0) is 22.5. The summed E-state index contributed by atoms with van der Waals surface area (Å²) in [5.41, 5.74) is 5.10. The van der Waals surface area contributed by atoms with Crippen molar-refractivity contribution in [3.8, 4) is 5.75 Å². The number of nitrogens with zero attached hydrogens (tertiary/aromatic N) is 2. The number of aryl methyl sites for hydroxylation is 3. The Kier molecular flexibility index (Phi) is 6.87. The van der Waals surface area contributed by atoms with Crippen LogP contribution in [0, 0.1) is 20.8 Å². The van der Waals surface area contributed by atoms with Gasteiger partial charge in [0, 0.05) is 25.3 Å². The summed E-state index contributed by atoms with van der Waals surface area (Å²) in [4.78, 5) is 15.3. The van der Waals surface area contributed by atoms with Gasteiger partial charge in [0.15, 0.2) is 5.69 Å². The lowest BCUT2D eigenvalue weighted by atomic mass is 10.1. The smallest absolute Gasteiger partial charge is 0.278 e. The molecule has 0 unspecified atom stereocenters. The van der Waals surface area contributed by atoms with E-state index in [1.165, 1.54) is 5.56 Å². The molecule has 7 heteroatoms. The minimum atomic E-state index is -0.316. The first-order valence-corrected chi connectivity index (χ1v) is 10.8. The summed E-state index contributed by atoms with van der Waals surface area (Å²) in [6.07, 6.45) is 0. The van der Waals surface area contributed by atoms with Gasteiger partial charge in [-0.3, -0.25) is 9.69 Å². The van der Waals surface area contributed by atoms with Crippen LogP contribution in [0.1, 0.15) is 38.5 Å². The molecule has 3 aromatic rings. The van der Waals surface area contributed by atoms with Gasteiger partial charge in [-0.1, -0.05) is 23.4 Å². The fourth-order valence-electron chi connectivity index (χ4n) is 3.65. The topological polar surface area (TPSA) is 76.8 Å². The quantitative estimate of drug-likeness (QED) is 0.598. The van der Waals surface area contributed by atoms with Crippen molar-refractivity contribution in [3.63, 3.8) is 0 Å². The first-order chi connectivity index (χ1) is 15.5. The third-order valence-corrected chi connectivity index (χ3v) is 5.76. The number of amides is 1. The van der Waals surface area contributed by atoms with E-state index in [0.717, 1.165) is 55.4 Å². The van der Waals surface area contributed by atoms with Gasteiger partial charge in [0.25, 0.3) is 5.91 Å². The van der Waals surface area contributed by atoms with E-state index in [9.17, 15) is 4.79 Å². The molecule has 1 aliphatic heterocycles. The predicted molar refractivity (Wildman–Crippen MR) is 122 cm³/mol. The molecule has 1 aliphatic rings. The Labute approximate surface area is 188 Å². The molecule has 0 bridgehead atoms. The summed E-state index contributed by atoms with van der Waals surface area (Å²) in [5, 5.41) is 6.93. The monoisotopic (exact) mass is 435 g/mol. The first kappa shape index (κ1) is 22.0. The Balaban J connectivity index is 1.42. The molecule has 0 radical (unpaired) electrons. The minimum absolute atomic E-state index is 0.206. The van der Waals surface area contributed by atoms with Crippen molar-refractivity contribution in [3.05, 3.63) is 76.2 Å². The number of ether oxygens (including phenoxy) is 2. The summed E-state index contributed by atoms with van der Waals surface area (Å²) in [7, 11) is 0. The third kappa shape index (κ3) is 5.36. The highest BCUT2D eigenvalue weighted by molar-refractivity contribution is 6.03. The number of carbonyl (C=O) groups excluding carboxylic acids is 1. The Morgan fingerprint density at radius 2 is 1.91 bits per heavy atom. The number of morpholine rings is 1. The van der Waals surface area contributed by atoms with E-state index in [1.54, 1.807) is 6.92 Å². The van der Waals surface area contributed by atoms with Crippen LogP contribution >= 0.6 is 0 Å². The molecule has 0 spiro atoms. The highest BCUT2D eigenvalue weighted by Gasteiger charge is 2.21. The van der Waals surface area contributed by atoms with E-state index >= 15 is 0 Å². The number of rotatable bonds is 7. The van der Waals surface area contributed by atoms with Gasteiger partial charge in [0.2, 0.25) is 0 Å². The molecule has 0 atom stereocenters. The Morgan fingerprint density at radius 3 is 2.69 bits per heavy atom. The van der Waals surface area contributed by atoms with Crippen molar-refractivity contribution in [2.24, 2.45) is 0 Å². The fraction of sp³-hybridized carbons (Fsp3) is 0.360. The Bertz CT molecular complexity index is 1090. The first-order valence-electron chi connectivity index (χ1n) is 10.8. The predicted octanol–water partition coefficient (Wildman–Crippen LogP) is 4.26. The molecule has 2 heterocycles. The lowest BCUT2D eigenvalue weighted by Gasteiger charge is -2.26.